The molecule has 3 nitrogen and oxygen atoms in total. The molecule has 0 saturated carbocycles. The summed E-state index contributed by atoms with van der Waals surface area (Å²) >= 11 is 0. The first-order chi connectivity index (χ1) is 6.79. The summed E-state index contributed by atoms with van der Waals surface area (Å²) < 4.78 is 10.8. The maximum atomic E-state index is 6.32. The fourth-order valence-electron chi connectivity index (χ4n) is 2.56. The van der Waals surface area contributed by atoms with E-state index in [9.17, 15) is 0 Å². The van der Waals surface area contributed by atoms with E-state index in [4.69, 9.17) is 15.2 Å². The molecule has 1 atom stereocenters. The van der Waals surface area contributed by atoms with Gasteiger partial charge in [-0.3, -0.25) is 0 Å². The van der Waals surface area contributed by atoms with Gasteiger partial charge in [-0.15, -0.1) is 0 Å². The number of rotatable bonds is 2. The summed E-state index contributed by atoms with van der Waals surface area (Å²) in [6, 6.07) is 0. The van der Waals surface area contributed by atoms with Crippen LogP contribution in [0, 0.1) is 5.92 Å². The van der Waals surface area contributed by atoms with Crippen LogP contribution in [0.25, 0.3) is 0 Å². The molecule has 2 aliphatic rings. The van der Waals surface area contributed by atoms with Crippen LogP contribution in [0.15, 0.2) is 0 Å². The highest BCUT2D eigenvalue weighted by molar-refractivity contribution is 4.89. The Bertz CT molecular complexity index is 172. The molecular weight excluding hydrogens is 178 g/mol. The third-order valence-corrected chi connectivity index (χ3v) is 3.39. The van der Waals surface area contributed by atoms with Crippen molar-refractivity contribution in [1.82, 2.24) is 0 Å². The molecule has 0 aromatic rings. The lowest BCUT2D eigenvalue weighted by Gasteiger charge is -2.37. The van der Waals surface area contributed by atoms with Crippen molar-refractivity contribution in [1.29, 1.82) is 0 Å². The van der Waals surface area contributed by atoms with Gasteiger partial charge in [-0.1, -0.05) is 0 Å². The normalized spacial score (nSPS) is 35.8. The smallest absolute Gasteiger partial charge is 0.0646 e. The van der Waals surface area contributed by atoms with Crippen molar-refractivity contribution in [3.05, 3.63) is 0 Å². The van der Waals surface area contributed by atoms with Crippen LogP contribution in [0.2, 0.25) is 0 Å². The van der Waals surface area contributed by atoms with Crippen LogP contribution in [0.4, 0.5) is 0 Å². The minimum atomic E-state index is -0.0414. The van der Waals surface area contributed by atoms with E-state index < -0.39 is 0 Å². The van der Waals surface area contributed by atoms with E-state index in [1.807, 2.05) is 0 Å². The van der Waals surface area contributed by atoms with Gasteiger partial charge in [0.2, 0.25) is 0 Å². The SMILES string of the molecule is NC1(CC2CCOCC2)CCCOC1. The average Bonchev–Trinajstić information content (AvgIpc) is 2.19. The Morgan fingerprint density at radius 2 is 1.93 bits per heavy atom. The summed E-state index contributed by atoms with van der Waals surface area (Å²) in [6.07, 6.45) is 5.73. The topological polar surface area (TPSA) is 44.5 Å². The molecule has 2 rings (SSSR count). The molecule has 82 valence electrons. The fourth-order valence-corrected chi connectivity index (χ4v) is 2.56. The Labute approximate surface area is 85.9 Å². The predicted octanol–water partition coefficient (Wildman–Crippen LogP) is 1.31. The molecule has 2 saturated heterocycles. The second-order valence-electron chi connectivity index (χ2n) is 4.78. The second-order valence-corrected chi connectivity index (χ2v) is 4.78. The van der Waals surface area contributed by atoms with Crippen molar-refractivity contribution in [2.45, 2.75) is 37.6 Å². The third kappa shape index (κ3) is 2.69. The Hall–Kier alpha value is -0.120. The molecule has 0 aromatic carbocycles. The van der Waals surface area contributed by atoms with Gasteiger partial charge in [0.05, 0.1) is 6.61 Å². The van der Waals surface area contributed by atoms with E-state index in [0.717, 1.165) is 51.6 Å². The van der Waals surface area contributed by atoms with Crippen LogP contribution in [0.3, 0.4) is 0 Å². The Kier molecular flexibility index (Phi) is 3.42. The Morgan fingerprint density at radius 1 is 1.14 bits per heavy atom. The summed E-state index contributed by atoms with van der Waals surface area (Å²) in [7, 11) is 0. The van der Waals surface area contributed by atoms with Crippen molar-refractivity contribution in [2.24, 2.45) is 11.7 Å². The molecular formula is C11H21NO2. The molecule has 1 unspecified atom stereocenters. The minimum Gasteiger partial charge on any atom is -0.381 e. The fraction of sp³-hybridized carbons (Fsp3) is 1.00. The van der Waals surface area contributed by atoms with Crippen LogP contribution in [0.1, 0.15) is 32.1 Å². The molecule has 0 bridgehead atoms. The summed E-state index contributed by atoms with van der Waals surface area (Å²) in [6.45, 7) is 3.49. The Balaban J connectivity index is 1.81. The summed E-state index contributed by atoms with van der Waals surface area (Å²) in [5.74, 6) is 0.760. The summed E-state index contributed by atoms with van der Waals surface area (Å²) in [4.78, 5) is 0. The van der Waals surface area contributed by atoms with Crippen molar-refractivity contribution < 1.29 is 9.47 Å². The summed E-state index contributed by atoms with van der Waals surface area (Å²) in [5.41, 5.74) is 6.28. The molecule has 0 radical (unpaired) electrons. The predicted molar refractivity (Wildman–Crippen MR) is 55.1 cm³/mol. The standard InChI is InChI=1S/C11H21NO2/c12-11(4-1-5-14-9-11)8-10-2-6-13-7-3-10/h10H,1-9,12H2. The quantitative estimate of drug-likeness (QED) is 0.729. The maximum Gasteiger partial charge on any atom is 0.0646 e. The number of ether oxygens (including phenoxy) is 2. The zero-order valence-corrected chi connectivity index (χ0v) is 8.84. The van der Waals surface area contributed by atoms with Gasteiger partial charge in [0, 0.05) is 25.4 Å². The first kappa shape index (κ1) is 10.4. The van der Waals surface area contributed by atoms with Gasteiger partial charge in [-0.05, 0) is 38.0 Å². The monoisotopic (exact) mass is 199 g/mol. The van der Waals surface area contributed by atoms with E-state index in [0.29, 0.717) is 0 Å². The van der Waals surface area contributed by atoms with E-state index in [2.05, 4.69) is 0 Å². The lowest BCUT2D eigenvalue weighted by molar-refractivity contribution is 0.00843. The average molecular weight is 199 g/mol. The zero-order chi connectivity index (χ0) is 9.86. The highest BCUT2D eigenvalue weighted by Gasteiger charge is 2.31. The van der Waals surface area contributed by atoms with Crippen molar-refractivity contribution >= 4 is 0 Å². The molecule has 2 heterocycles. The maximum absolute atomic E-state index is 6.32. The minimum absolute atomic E-state index is 0.0414. The van der Waals surface area contributed by atoms with E-state index in [1.54, 1.807) is 0 Å². The highest BCUT2D eigenvalue weighted by Crippen LogP contribution is 2.29. The van der Waals surface area contributed by atoms with Crippen molar-refractivity contribution in [3.8, 4) is 0 Å². The molecule has 3 heteroatoms. The zero-order valence-electron chi connectivity index (χ0n) is 8.84. The molecule has 2 N–H and O–H groups in total. The van der Waals surface area contributed by atoms with Gasteiger partial charge in [-0.25, -0.2) is 0 Å². The molecule has 0 amide bonds. The van der Waals surface area contributed by atoms with Gasteiger partial charge in [0.1, 0.15) is 0 Å². The summed E-state index contributed by atoms with van der Waals surface area (Å²) in [5, 5.41) is 0. The van der Waals surface area contributed by atoms with Crippen LogP contribution in [-0.2, 0) is 9.47 Å². The number of hydrogen-bond donors (Lipinski definition) is 1. The molecule has 0 aliphatic carbocycles. The molecule has 0 aromatic heterocycles. The second kappa shape index (κ2) is 4.60. The van der Waals surface area contributed by atoms with Crippen LogP contribution in [-0.4, -0.2) is 32.0 Å². The lowest BCUT2D eigenvalue weighted by atomic mass is 9.81. The van der Waals surface area contributed by atoms with Gasteiger partial charge in [-0.2, -0.15) is 0 Å². The highest BCUT2D eigenvalue weighted by atomic mass is 16.5. The van der Waals surface area contributed by atoms with Crippen molar-refractivity contribution in [3.63, 3.8) is 0 Å². The van der Waals surface area contributed by atoms with E-state index in [1.165, 1.54) is 12.8 Å². The molecule has 14 heavy (non-hydrogen) atoms. The van der Waals surface area contributed by atoms with E-state index >= 15 is 0 Å². The first-order valence-electron chi connectivity index (χ1n) is 5.73. The van der Waals surface area contributed by atoms with Crippen LogP contribution in [0.5, 0.6) is 0 Å². The first-order valence-corrected chi connectivity index (χ1v) is 5.73. The molecule has 2 fully saturated rings. The molecule has 2 aliphatic heterocycles. The molecule has 0 spiro atoms. The van der Waals surface area contributed by atoms with Crippen LogP contribution < -0.4 is 5.73 Å². The lowest BCUT2D eigenvalue weighted by Crippen LogP contribution is -2.49. The van der Waals surface area contributed by atoms with Crippen molar-refractivity contribution in [2.75, 3.05) is 26.4 Å². The number of hydrogen-bond acceptors (Lipinski definition) is 3. The van der Waals surface area contributed by atoms with Gasteiger partial charge in [0.25, 0.3) is 0 Å². The van der Waals surface area contributed by atoms with Gasteiger partial charge < -0.3 is 15.2 Å². The third-order valence-electron chi connectivity index (χ3n) is 3.39. The van der Waals surface area contributed by atoms with Crippen LogP contribution >= 0.6 is 0 Å². The number of nitrogens with two attached hydrogens (primary N) is 1. The van der Waals surface area contributed by atoms with Gasteiger partial charge >= 0.3 is 0 Å². The van der Waals surface area contributed by atoms with E-state index in [-0.39, 0.29) is 5.54 Å². The Morgan fingerprint density at radius 3 is 2.57 bits per heavy atom. The largest absolute Gasteiger partial charge is 0.381 e. The van der Waals surface area contributed by atoms with Gasteiger partial charge in [0.15, 0.2) is 0 Å².